The zero-order chi connectivity index (χ0) is 22.2. The molecule has 2 unspecified atom stereocenters. The van der Waals surface area contributed by atoms with Gasteiger partial charge in [0.2, 0.25) is 5.75 Å². The second kappa shape index (κ2) is 8.25. The average molecular weight is 412 g/mol. The number of hydrogen-bond acceptors (Lipinski definition) is 4. The van der Waals surface area contributed by atoms with Crippen molar-refractivity contribution in [1.29, 1.82) is 0 Å². The fourth-order valence-corrected chi connectivity index (χ4v) is 4.79. The van der Waals surface area contributed by atoms with Gasteiger partial charge in [-0.15, -0.1) is 0 Å². The van der Waals surface area contributed by atoms with Crippen LogP contribution < -0.4 is 5.56 Å². The molecule has 0 radical (unpaired) electrons. The molecule has 0 aliphatic carbocycles. The van der Waals surface area contributed by atoms with Crippen LogP contribution in [-0.4, -0.2) is 38.6 Å². The highest BCUT2D eigenvalue weighted by atomic mass is 16.3. The number of nitrogens with zero attached hydrogens (tertiary/aromatic N) is 3. The summed E-state index contributed by atoms with van der Waals surface area (Å²) in [5.74, 6) is -0.307. The molecule has 1 aromatic carbocycles. The number of aryl methyl sites for hydroxylation is 2. The summed E-state index contributed by atoms with van der Waals surface area (Å²) in [6.07, 6.45) is 3.38. The van der Waals surface area contributed by atoms with E-state index in [1.54, 1.807) is 16.5 Å². The molecule has 1 aliphatic heterocycles. The molecule has 0 fully saturated rings. The Bertz CT molecular complexity index is 1010. The lowest BCUT2D eigenvalue weighted by molar-refractivity contribution is 0.0660. The lowest BCUT2D eigenvalue weighted by atomic mass is 9.71. The number of benzene rings is 1. The fraction of sp³-hybridized carbons (Fsp3) is 0.542. The lowest BCUT2D eigenvalue weighted by Crippen LogP contribution is -2.47. The van der Waals surface area contributed by atoms with Crippen molar-refractivity contribution < 1.29 is 9.90 Å². The largest absolute Gasteiger partial charge is 0.501 e. The molecular formula is C24H33N3O3. The van der Waals surface area contributed by atoms with E-state index in [-0.39, 0.29) is 23.1 Å². The predicted molar refractivity (Wildman–Crippen MR) is 118 cm³/mol. The van der Waals surface area contributed by atoms with Crippen LogP contribution in [0.3, 0.4) is 0 Å². The number of rotatable bonds is 6. The molecule has 30 heavy (non-hydrogen) atoms. The highest BCUT2D eigenvalue weighted by Gasteiger charge is 2.37. The van der Waals surface area contributed by atoms with Crippen LogP contribution in [0.1, 0.15) is 73.0 Å². The van der Waals surface area contributed by atoms with Crippen molar-refractivity contribution in [2.45, 2.75) is 78.3 Å². The number of aromatic hydroxyl groups is 1. The minimum Gasteiger partial charge on any atom is -0.501 e. The first kappa shape index (κ1) is 22.1. The number of likely N-dealkylation sites (N-methyl/N-ethyl adjacent to an activating group) is 1. The van der Waals surface area contributed by atoms with Crippen molar-refractivity contribution in [3.05, 3.63) is 56.8 Å². The number of carbonyl (C=O) groups is 1. The van der Waals surface area contributed by atoms with Crippen LogP contribution in [0, 0.1) is 13.8 Å². The van der Waals surface area contributed by atoms with Gasteiger partial charge in [0.05, 0.1) is 0 Å². The number of aromatic nitrogens is 2. The van der Waals surface area contributed by atoms with Gasteiger partial charge in [-0.3, -0.25) is 9.59 Å². The molecule has 2 aromatic rings. The Morgan fingerprint density at radius 1 is 1.17 bits per heavy atom. The maximum atomic E-state index is 12.9. The Balaban J connectivity index is 2.20. The zero-order valence-electron chi connectivity index (χ0n) is 19.0. The van der Waals surface area contributed by atoms with Crippen molar-refractivity contribution >= 4 is 5.91 Å². The van der Waals surface area contributed by atoms with Crippen molar-refractivity contribution in [2.75, 3.05) is 7.05 Å². The molecule has 0 saturated carbocycles. The van der Waals surface area contributed by atoms with Crippen LogP contribution in [0.2, 0.25) is 0 Å². The monoisotopic (exact) mass is 411 g/mol. The average Bonchev–Trinajstić information content (AvgIpc) is 2.68. The smallest absolute Gasteiger partial charge is 0.315 e. The summed E-state index contributed by atoms with van der Waals surface area (Å²) >= 11 is 0. The van der Waals surface area contributed by atoms with E-state index >= 15 is 0 Å². The van der Waals surface area contributed by atoms with E-state index in [2.05, 4.69) is 50.9 Å². The third-order valence-electron chi connectivity index (χ3n) is 6.61. The molecule has 1 N–H and O–H groups in total. The Labute approximate surface area is 178 Å². The summed E-state index contributed by atoms with van der Waals surface area (Å²) in [6, 6.07) is 6.57. The first-order valence-electron chi connectivity index (χ1n) is 10.8. The molecule has 1 aromatic heterocycles. The first-order valence-corrected chi connectivity index (χ1v) is 10.8. The van der Waals surface area contributed by atoms with Crippen molar-refractivity contribution in [3.8, 4) is 5.75 Å². The van der Waals surface area contributed by atoms with Crippen LogP contribution in [0.15, 0.2) is 23.0 Å². The van der Waals surface area contributed by atoms with Crippen molar-refractivity contribution in [3.63, 3.8) is 0 Å². The molecule has 2 atom stereocenters. The van der Waals surface area contributed by atoms with Crippen LogP contribution >= 0.6 is 0 Å². The van der Waals surface area contributed by atoms with Gasteiger partial charge in [0.1, 0.15) is 5.82 Å². The van der Waals surface area contributed by atoms with E-state index in [0.717, 1.165) is 19.3 Å². The zero-order valence-corrected chi connectivity index (χ0v) is 19.0. The van der Waals surface area contributed by atoms with Crippen molar-refractivity contribution in [2.24, 2.45) is 0 Å². The quantitative estimate of drug-likeness (QED) is 0.786. The summed E-state index contributed by atoms with van der Waals surface area (Å²) in [4.78, 5) is 31.2. The maximum Gasteiger partial charge on any atom is 0.315 e. The summed E-state index contributed by atoms with van der Waals surface area (Å²) < 4.78 is 1.77. The van der Waals surface area contributed by atoms with Gasteiger partial charge in [0, 0.05) is 31.5 Å². The summed E-state index contributed by atoms with van der Waals surface area (Å²) in [6.45, 7) is 11.0. The SMILES string of the molecule is CCCC(CC)(Cc1nc(=O)c(O)c2n1CC(C)N(C)C2=O)c1cc(C)cc(C)c1. The second-order valence-corrected chi connectivity index (χ2v) is 8.84. The Morgan fingerprint density at radius 3 is 2.37 bits per heavy atom. The standard InChI is InChI=1S/C24H33N3O3/c1-7-9-24(8-2,18-11-15(3)10-16(4)12-18)13-19-25-22(29)21(28)20-23(30)26(6)17(5)14-27(19)20/h10-12,17,28H,7-9,13-14H2,1-6H3. The minimum atomic E-state index is -0.727. The summed E-state index contributed by atoms with van der Waals surface area (Å²) in [5.41, 5.74) is 2.80. The van der Waals surface area contributed by atoms with Crippen LogP contribution in [0.5, 0.6) is 5.75 Å². The van der Waals surface area contributed by atoms with E-state index in [0.29, 0.717) is 18.8 Å². The van der Waals surface area contributed by atoms with Crippen LogP contribution in [0.25, 0.3) is 0 Å². The van der Waals surface area contributed by atoms with E-state index in [9.17, 15) is 14.7 Å². The molecule has 1 aliphatic rings. The maximum absolute atomic E-state index is 12.9. The van der Waals surface area contributed by atoms with E-state index in [1.807, 2.05) is 6.92 Å². The van der Waals surface area contributed by atoms with Gasteiger partial charge in [0.25, 0.3) is 5.91 Å². The highest BCUT2D eigenvalue weighted by molar-refractivity contribution is 5.95. The van der Waals surface area contributed by atoms with Gasteiger partial charge in [0.15, 0.2) is 5.69 Å². The molecule has 6 heteroatoms. The number of fused-ring (bicyclic) bond motifs is 1. The molecule has 3 rings (SSSR count). The van der Waals surface area contributed by atoms with Crippen LogP contribution in [-0.2, 0) is 18.4 Å². The first-order chi connectivity index (χ1) is 14.1. The molecule has 6 nitrogen and oxygen atoms in total. The number of hydrogen-bond donors (Lipinski definition) is 1. The Hall–Kier alpha value is -2.63. The van der Waals surface area contributed by atoms with E-state index in [4.69, 9.17) is 0 Å². The molecule has 0 spiro atoms. The van der Waals surface area contributed by atoms with Crippen LogP contribution in [0.4, 0.5) is 0 Å². The van der Waals surface area contributed by atoms with Gasteiger partial charge < -0.3 is 14.6 Å². The Kier molecular flexibility index (Phi) is 6.06. The predicted octanol–water partition coefficient (Wildman–Crippen LogP) is 3.73. The van der Waals surface area contributed by atoms with Gasteiger partial charge in [-0.1, -0.05) is 49.6 Å². The fourth-order valence-electron chi connectivity index (χ4n) is 4.79. The van der Waals surface area contributed by atoms with Gasteiger partial charge in [-0.05, 0) is 39.2 Å². The molecule has 0 bridgehead atoms. The minimum absolute atomic E-state index is 0.0455. The third kappa shape index (κ3) is 3.75. The Morgan fingerprint density at radius 2 is 1.80 bits per heavy atom. The van der Waals surface area contributed by atoms with Gasteiger partial charge >= 0.3 is 5.56 Å². The molecule has 2 heterocycles. The molecule has 0 saturated heterocycles. The molecular weight excluding hydrogens is 378 g/mol. The highest BCUT2D eigenvalue weighted by Crippen LogP contribution is 2.38. The van der Waals surface area contributed by atoms with Crippen molar-refractivity contribution in [1.82, 2.24) is 14.5 Å². The van der Waals surface area contributed by atoms with E-state index < -0.39 is 11.3 Å². The number of amides is 1. The molecule has 162 valence electrons. The summed E-state index contributed by atoms with van der Waals surface area (Å²) in [5, 5.41) is 10.3. The lowest BCUT2D eigenvalue weighted by Gasteiger charge is -2.37. The summed E-state index contributed by atoms with van der Waals surface area (Å²) in [7, 11) is 1.70. The molecule has 1 amide bonds. The van der Waals surface area contributed by atoms with Gasteiger partial charge in [-0.25, -0.2) is 0 Å². The normalized spacial score (nSPS) is 18.3. The van der Waals surface area contributed by atoms with E-state index in [1.165, 1.54) is 16.7 Å². The second-order valence-electron chi connectivity index (χ2n) is 8.84. The van der Waals surface area contributed by atoms with Gasteiger partial charge in [-0.2, -0.15) is 4.98 Å². The topological polar surface area (TPSA) is 75.4 Å². The third-order valence-corrected chi connectivity index (χ3v) is 6.61. The number of carbonyl (C=O) groups excluding carboxylic acids is 1.